The first-order valence-corrected chi connectivity index (χ1v) is 8.96. The van der Waals surface area contributed by atoms with Crippen molar-refractivity contribution in [2.24, 2.45) is 4.99 Å². The highest BCUT2D eigenvalue weighted by Crippen LogP contribution is 2.41. The van der Waals surface area contributed by atoms with Gasteiger partial charge in [-0.1, -0.05) is 36.4 Å². The van der Waals surface area contributed by atoms with E-state index in [4.69, 9.17) is 4.42 Å². The molecule has 5 nitrogen and oxygen atoms in total. The summed E-state index contributed by atoms with van der Waals surface area (Å²) in [6, 6.07) is 16.9. The maximum atomic E-state index is 13.9. The number of hydrogen-bond donors (Lipinski definition) is 2. The predicted octanol–water partition coefficient (Wildman–Crippen LogP) is 3.70. The molecule has 3 aromatic rings. The number of oxazole rings is 1. The van der Waals surface area contributed by atoms with Gasteiger partial charge in [0.05, 0.1) is 12.2 Å². The van der Waals surface area contributed by atoms with Crippen LogP contribution >= 0.6 is 0 Å². The monoisotopic (exact) mass is 364 g/mol. The van der Waals surface area contributed by atoms with Gasteiger partial charge < -0.3 is 15.1 Å². The maximum absolute atomic E-state index is 13.9. The van der Waals surface area contributed by atoms with Crippen LogP contribution in [-0.2, 0) is 6.54 Å². The molecule has 1 saturated carbocycles. The van der Waals surface area contributed by atoms with Gasteiger partial charge >= 0.3 is 0 Å². The highest BCUT2D eigenvalue weighted by Gasteiger charge is 2.40. The fraction of sp³-hybridized carbons (Fsp3) is 0.238. The van der Waals surface area contributed by atoms with Crippen molar-refractivity contribution >= 4 is 5.96 Å². The molecule has 2 unspecified atom stereocenters. The van der Waals surface area contributed by atoms with Crippen molar-refractivity contribution in [3.05, 3.63) is 77.9 Å². The van der Waals surface area contributed by atoms with Crippen molar-refractivity contribution in [1.29, 1.82) is 0 Å². The number of hydrogen-bond acceptors (Lipinski definition) is 3. The van der Waals surface area contributed by atoms with Crippen LogP contribution in [0.15, 0.2) is 70.3 Å². The Morgan fingerprint density at radius 2 is 1.96 bits per heavy atom. The molecule has 6 heteroatoms. The van der Waals surface area contributed by atoms with Crippen LogP contribution in [0.3, 0.4) is 0 Å². The minimum Gasteiger partial charge on any atom is -0.444 e. The Morgan fingerprint density at radius 3 is 2.74 bits per heavy atom. The molecule has 0 aliphatic heterocycles. The van der Waals surface area contributed by atoms with E-state index < -0.39 is 0 Å². The number of nitrogens with zero attached hydrogens (tertiary/aromatic N) is 2. The normalized spacial score (nSPS) is 19.0. The smallest absolute Gasteiger partial charge is 0.226 e. The Bertz CT molecular complexity index is 938. The SMILES string of the molecule is CN=C(NCc1coc(-c2ccccc2)n1)NC1CC1c1ccccc1F. The molecule has 0 saturated heterocycles. The lowest BCUT2D eigenvalue weighted by Gasteiger charge is -2.11. The van der Waals surface area contributed by atoms with Crippen molar-refractivity contribution in [3.8, 4) is 11.5 Å². The molecular formula is C21H21FN4O. The Balaban J connectivity index is 1.32. The first-order chi connectivity index (χ1) is 13.2. The summed E-state index contributed by atoms with van der Waals surface area (Å²) in [7, 11) is 1.72. The van der Waals surface area contributed by atoms with E-state index in [-0.39, 0.29) is 17.8 Å². The molecule has 1 heterocycles. The summed E-state index contributed by atoms with van der Waals surface area (Å²) in [5.74, 6) is 1.30. The lowest BCUT2D eigenvalue weighted by atomic mass is 10.1. The van der Waals surface area contributed by atoms with E-state index in [1.54, 1.807) is 19.4 Å². The van der Waals surface area contributed by atoms with E-state index in [0.717, 1.165) is 23.2 Å². The molecule has 1 fully saturated rings. The zero-order valence-corrected chi connectivity index (χ0v) is 15.0. The van der Waals surface area contributed by atoms with Crippen LogP contribution in [0.5, 0.6) is 0 Å². The largest absolute Gasteiger partial charge is 0.444 e. The molecule has 2 aromatic carbocycles. The predicted molar refractivity (Wildman–Crippen MR) is 103 cm³/mol. The summed E-state index contributed by atoms with van der Waals surface area (Å²) in [6.07, 6.45) is 2.53. The van der Waals surface area contributed by atoms with Gasteiger partial charge in [0.2, 0.25) is 5.89 Å². The number of guanidine groups is 1. The summed E-state index contributed by atoms with van der Waals surface area (Å²) in [5.41, 5.74) is 2.49. The van der Waals surface area contributed by atoms with E-state index in [2.05, 4.69) is 20.6 Å². The van der Waals surface area contributed by atoms with E-state index in [0.29, 0.717) is 18.4 Å². The van der Waals surface area contributed by atoms with Crippen molar-refractivity contribution in [3.63, 3.8) is 0 Å². The average molecular weight is 364 g/mol. The van der Waals surface area contributed by atoms with Crippen LogP contribution in [0.1, 0.15) is 23.6 Å². The first-order valence-electron chi connectivity index (χ1n) is 8.96. The fourth-order valence-corrected chi connectivity index (χ4v) is 3.12. The number of aromatic nitrogens is 1. The number of aliphatic imine (C=N–C) groups is 1. The minimum absolute atomic E-state index is 0.147. The summed E-state index contributed by atoms with van der Waals surface area (Å²) in [5, 5.41) is 6.57. The van der Waals surface area contributed by atoms with Gasteiger partial charge in [-0.2, -0.15) is 0 Å². The van der Waals surface area contributed by atoms with Gasteiger partial charge in [-0.25, -0.2) is 9.37 Å². The Labute approximate surface area is 157 Å². The van der Waals surface area contributed by atoms with Crippen molar-refractivity contribution in [1.82, 2.24) is 15.6 Å². The van der Waals surface area contributed by atoms with E-state index in [1.807, 2.05) is 42.5 Å². The van der Waals surface area contributed by atoms with Crippen molar-refractivity contribution in [2.75, 3.05) is 7.05 Å². The van der Waals surface area contributed by atoms with E-state index >= 15 is 0 Å². The molecule has 2 atom stereocenters. The lowest BCUT2D eigenvalue weighted by molar-refractivity contribution is 0.572. The molecule has 138 valence electrons. The molecule has 4 rings (SSSR count). The summed E-state index contributed by atoms with van der Waals surface area (Å²) in [4.78, 5) is 8.74. The van der Waals surface area contributed by atoms with Crippen LogP contribution in [0.2, 0.25) is 0 Å². The number of nitrogens with one attached hydrogen (secondary N) is 2. The molecule has 0 amide bonds. The molecule has 0 spiro atoms. The second-order valence-corrected chi connectivity index (χ2v) is 6.55. The minimum atomic E-state index is -0.147. The van der Waals surface area contributed by atoms with Gasteiger partial charge in [0.1, 0.15) is 12.1 Å². The topological polar surface area (TPSA) is 62.5 Å². The summed E-state index contributed by atoms with van der Waals surface area (Å²) in [6.45, 7) is 0.493. The number of benzene rings is 2. The van der Waals surface area contributed by atoms with E-state index in [9.17, 15) is 4.39 Å². The number of halogens is 1. The quantitative estimate of drug-likeness (QED) is 0.535. The summed E-state index contributed by atoms with van der Waals surface area (Å²) < 4.78 is 19.4. The van der Waals surface area contributed by atoms with Crippen LogP contribution in [0.4, 0.5) is 4.39 Å². The lowest BCUT2D eigenvalue weighted by Crippen LogP contribution is -2.38. The average Bonchev–Trinajstić information content (AvgIpc) is 3.30. The van der Waals surface area contributed by atoms with Gasteiger partial charge in [-0.15, -0.1) is 0 Å². The second kappa shape index (κ2) is 7.61. The van der Waals surface area contributed by atoms with Crippen LogP contribution in [0.25, 0.3) is 11.5 Å². The molecule has 2 N–H and O–H groups in total. The Morgan fingerprint density at radius 1 is 1.19 bits per heavy atom. The molecule has 1 aliphatic carbocycles. The van der Waals surface area contributed by atoms with Crippen molar-refractivity contribution < 1.29 is 8.81 Å². The molecule has 0 radical (unpaired) electrons. The third kappa shape index (κ3) is 4.00. The zero-order chi connectivity index (χ0) is 18.6. The fourth-order valence-electron chi connectivity index (χ4n) is 3.12. The van der Waals surface area contributed by atoms with Gasteiger partial charge in [0.15, 0.2) is 5.96 Å². The molecule has 27 heavy (non-hydrogen) atoms. The highest BCUT2D eigenvalue weighted by atomic mass is 19.1. The first kappa shape index (κ1) is 17.3. The third-order valence-electron chi connectivity index (χ3n) is 4.65. The molecular weight excluding hydrogens is 343 g/mol. The van der Waals surface area contributed by atoms with E-state index in [1.165, 1.54) is 6.07 Å². The second-order valence-electron chi connectivity index (χ2n) is 6.55. The van der Waals surface area contributed by atoms with Crippen molar-refractivity contribution in [2.45, 2.75) is 24.9 Å². The Hall–Kier alpha value is -3.15. The zero-order valence-electron chi connectivity index (χ0n) is 15.0. The van der Waals surface area contributed by atoms with Crippen LogP contribution in [0, 0.1) is 5.82 Å². The maximum Gasteiger partial charge on any atom is 0.226 e. The highest BCUT2D eigenvalue weighted by molar-refractivity contribution is 5.80. The standard InChI is InChI=1S/C21H21FN4O/c1-23-21(26-19-11-17(19)16-9-5-6-10-18(16)22)24-12-15-13-27-20(25-15)14-7-3-2-4-8-14/h2-10,13,17,19H,11-12H2,1H3,(H2,23,24,26). The number of rotatable bonds is 5. The van der Waals surface area contributed by atoms with Gasteiger partial charge in [0.25, 0.3) is 0 Å². The van der Waals surface area contributed by atoms with Crippen LogP contribution in [-0.4, -0.2) is 24.0 Å². The molecule has 1 aliphatic rings. The third-order valence-corrected chi connectivity index (χ3v) is 4.65. The van der Waals surface area contributed by atoms with Gasteiger partial charge in [-0.3, -0.25) is 4.99 Å². The van der Waals surface area contributed by atoms with Gasteiger partial charge in [-0.05, 0) is 30.2 Å². The van der Waals surface area contributed by atoms with Crippen LogP contribution < -0.4 is 10.6 Å². The molecule has 1 aromatic heterocycles. The Kier molecular flexibility index (Phi) is 4.87. The molecule has 0 bridgehead atoms. The summed E-state index contributed by atoms with van der Waals surface area (Å²) >= 11 is 0. The van der Waals surface area contributed by atoms with Gasteiger partial charge in [0, 0.05) is 24.6 Å².